The lowest BCUT2D eigenvalue weighted by Gasteiger charge is -2.30. The third kappa shape index (κ3) is 4.55. The van der Waals surface area contributed by atoms with Crippen molar-refractivity contribution in [2.45, 2.75) is 31.1 Å². The normalized spacial score (nSPS) is 16.8. The van der Waals surface area contributed by atoms with E-state index in [1.807, 2.05) is 6.07 Å². The molecule has 1 aliphatic rings. The molecular weight excluding hydrogens is 264 g/mol. The number of benzene rings is 1. The summed E-state index contributed by atoms with van der Waals surface area (Å²) in [6.07, 6.45) is 4.82. The van der Waals surface area contributed by atoms with Crippen molar-refractivity contribution < 1.29 is 9.53 Å². The summed E-state index contributed by atoms with van der Waals surface area (Å²) in [6.45, 7) is 2.42. The molecule has 21 heavy (non-hydrogen) atoms. The van der Waals surface area contributed by atoms with Crippen LogP contribution >= 0.6 is 0 Å². The molecule has 1 saturated carbocycles. The van der Waals surface area contributed by atoms with Crippen LogP contribution in [0.5, 0.6) is 0 Å². The number of carbonyl (C=O) groups excluding carboxylic acids is 1. The standard InChI is InChI=1S/C17H26N2O2/c1-21-12-11-18-13-16(20)19-14-17(9-5-6-10-17)15-7-3-2-4-8-15/h2-4,7-8,18H,5-6,9-14H2,1H3,(H,19,20). The first-order valence-electron chi connectivity index (χ1n) is 7.79. The third-order valence-electron chi connectivity index (χ3n) is 4.34. The topological polar surface area (TPSA) is 50.4 Å². The summed E-state index contributed by atoms with van der Waals surface area (Å²) in [4.78, 5) is 11.9. The zero-order chi connectivity index (χ0) is 15.0. The molecule has 1 aromatic carbocycles. The van der Waals surface area contributed by atoms with E-state index < -0.39 is 0 Å². The highest BCUT2D eigenvalue weighted by atomic mass is 16.5. The Bertz CT molecular complexity index is 428. The molecule has 0 saturated heterocycles. The van der Waals surface area contributed by atoms with E-state index in [2.05, 4.69) is 34.9 Å². The summed E-state index contributed by atoms with van der Waals surface area (Å²) in [6, 6.07) is 10.6. The van der Waals surface area contributed by atoms with Crippen LogP contribution in [0.4, 0.5) is 0 Å². The Morgan fingerprint density at radius 3 is 2.62 bits per heavy atom. The summed E-state index contributed by atoms with van der Waals surface area (Å²) < 4.78 is 4.94. The Morgan fingerprint density at radius 2 is 1.95 bits per heavy atom. The van der Waals surface area contributed by atoms with Gasteiger partial charge in [0.1, 0.15) is 0 Å². The van der Waals surface area contributed by atoms with Gasteiger partial charge in [0.25, 0.3) is 0 Å². The van der Waals surface area contributed by atoms with Gasteiger partial charge < -0.3 is 15.4 Å². The predicted molar refractivity (Wildman–Crippen MR) is 84.3 cm³/mol. The van der Waals surface area contributed by atoms with E-state index >= 15 is 0 Å². The number of methoxy groups -OCH3 is 1. The van der Waals surface area contributed by atoms with Crippen LogP contribution in [-0.2, 0) is 14.9 Å². The van der Waals surface area contributed by atoms with Crippen LogP contribution in [0.3, 0.4) is 0 Å². The molecule has 2 rings (SSSR count). The van der Waals surface area contributed by atoms with Crippen LogP contribution in [0.25, 0.3) is 0 Å². The van der Waals surface area contributed by atoms with Crippen LogP contribution in [0.1, 0.15) is 31.2 Å². The van der Waals surface area contributed by atoms with Gasteiger partial charge in [-0.05, 0) is 18.4 Å². The fraction of sp³-hybridized carbons (Fsp3) is 0.588. The molecule has 1 aliphatic carbocycles. The minimum absolute atomic E-state index is 0.0632. The van der Waals surface area contributed by atoms with E-state index in [9.17, 15) is 4.79 Å². The Hall–Kier alpha value is -1.39. The number of hydrogen-bond acceptors (Lipinski definition) is 3. The molecule has 0 unspecified atom stereocenters. The van der Waals surface area contributed by atoms with Crippen LogP contribution in [-0.4, -0.2) is 39.3 Å². The second-order valence-electron chi connectivity index (χ2n) is 5.80. The molecule has 2 N–H and O–H groups in total. The van der Waals surface area contributed by atoms with Gasteiger partial charge in [-0.2, -0.15) is 0 Å². The molecule has 0 spiro atoms. The molecule has 0 bridgehead atoms. The fourth-order valence-corrected chi connectivity index (χ4v) is 3.12. The minimum atomic E-state index is 0.0632. The van der Waals surface area contributed by atoms with Gasteiger partial charge in [-0.15, -0.1) is 0 Å². The van der Waals surface area contributed by atoms with E-state index in [0.29, 0.717) is 19.7 Å². The zero-order valence-corrected chi connectivity index (χ0v) is 12.9. The minimum Gasteiger partial charge on any atom is -0.383 e. The molecular formula is C17H26N2O2. The smallest absolute Gasteiger partial charge is 0.233 e. The first kappa shape index (κ1) is 16.0. The second-order valence-corrected chi connectivity index (χ2v) is 5.80. The van der Waals surface area contributed by atoms with Crippen molar-refractivity contribution in [3.8, 4) is 0 Å². The highest BCUT2D eigenvalue weighted by molar-refractivity contribution is 5.78. The van der Waals surface area contributed by atoms with Gasteiger partial charge in [-0.3, -0.25) is 4.79 Å². The molecule has 116 valence electrons. The average molecular weight is 290 g/mol. The van der Waals surface area contributed by atoms with Gasteiger partial charge in [0.05, 0.1) is 13.2 Å². The highest BCUT2D eigenvalue weighted by Gasteiger charge is 2.35. The number of amides is 1. The van der Waals surface area contributed by atoms with E-state index in [1.165, 1.54) is 18.4 Å². The molecule has 1 fully saturated rings. The Morgan fingerprint density at radius 1 is 1.24 bits per heavy atom. The van der Waals surface area contributed by atoms with E-state index in [-0.39, 0.29) is 11.3 Å². The summed E-state index contributed by atoms with van der Waals surface area (Å²) in [5.41, 5.74) is 1.49. The van der Waals surface area contributed by atoms with Crippen LogP contribution in [0.2, 0.25) is 0 Å². The number of ether oxygens (including phenoxy) is 1. The van der Waals surface area contributed by atoms with Crippen molar-refractivity contribution in [3.05, 3.63) is 35.9 Å². The maximum absolute atomic E-state index is 11.9. The Kier molecular flexibility index (Phi) is 6.21. The maximum atomic E-state index is 11.9. The fourth-order valence-electron chi connectivity index (χ4n) is 3.12. The number of nitrogens with one attached hydrogen (secondary N) is 2. The van der Waals surface area contributed by atoms with Gasteiger partial charge in [0.15, 0.2) is 0 Å². The molecule has 0 aromatic heterocycles. The lowest BCUT2D eigenvalue weighted by molar-refractivity contribution is -0.120. The van der Waals surface area contributed by atoms with E-state index in [4.69, 9.17) is 4.74 Å². The van der Waals surface area contributed by atoms with E-state index in [0.717, 1.165) is 19.4 Å². The van der Waals surface area contributed by atoms with Gasteiger partial charge >= 0.3 is 0 Å². The van der Waals surface area contributed by atoms with Crippen LogP contribution in [0, 0.1) is 0 Å². The van der Waals surface area contributed by atoms with Crippen molar-refractivity contribution in [2.75, 3.05) is 33.4 Å². The van der Waals surface area contributed by atoms with Crippen LogP contribution in [0.15, 0.2) is 30.3 Å². The summed E-state index contributed by atoms with van der Waals surface area (Å²) in [7, 11) is 1.66. The lowest BCUT2D eigenvalue weighted by atomic mass is 9.79. The summed E-state index contributed by atoms with van der Waals surface area (Å²) >= 11 is 0. The molecule has 0 aliphatic heterocycles. The molecule has 0 radical (unpaired) electrons. The van der Waals surface area contributed by atoms with E-state index in [1.54, 1.807) is 7.11 Å². The quantitative estimate of drug-likeness (QED) is 0.718. The first-order chi connectivity index (χ1) is 10.3. The van der Waals surface area contributed by atoms with Gasteiger partial charge in [0.2, 0.25) is 5.91 Å². The second kappa shape index (κ2) is 8.15. The monoisotopic (exact) mass is 290 g/mol. The first-order valence-corrected chi connectivity index (χ1v) is 7.79. The van der Waals surface area contributed by atoms with Crippen molar-refractivity contribution in [1.82, 2.24) is 10.6 Å². The van der Waals surface area contributed by atoms with Crippen LogP contribution < -0.4 is 10.6 Å². The van der Waals surface area contributed by atoms with Crippen molar-refractivity contribution >= 4 is 5.91 Å². The Balaban J connectivity index is 1.85. The van der Waals surface area contributed by atoms with Gasteiger partial charge in [-0.25, -0.2) is 0 Å². The molecule has 0 heterocycles. The molecule has 1 amide bonds. The van der Waals surface area contributed by atoms with Crippen molar-refractivity contribution in [3.63, 3.8) is 0 Å². The van der Waals surface area contributed by atoms with Crippen molar-refractivity contribution in [2.24, 2.45) is 0 Å². The average Bonchev–Trinajstić information content (AvgIpc) is 3.01. The molecule has 0 atom stereocenters. The largest absolute Gasteiger partial charge is 0.383 e. The molecule has 4 nitrogen and oxygen atoms in total. The number of rotatable bonds is 8. The Labute approximate surface area is 127 Å². The van der Waals surface area contributed by atoms with Gasteiger partial charge in [0, 0.05) is 25.6 Å². The SMILES string of the molecule is COCCNCC(=O)NCC1(c2ccccc2)CCCC1. The maximum Gasteiger partial charge on any atom is 0.233 e. The predicted octanol–water partition coefficient (Wildman–Crippen LogP) is 1.85. The lowest BCUT2D eigenvalue weighted by Crippen LogP contribution is -2.42. The zero-order valence-electron chi connectivity index (χ0n) is 12.9. The third-order valence-corrected chi connectivity index (χ3v) is 4.34. The molecule has 4 heteroatoms. The number of carbonyl (C=O) groups is 1. The summed E-state index contributed by atoms with van der Waals surface area (Å²) in [5, 5.41) is 6.18. The van der Waals surface area contributed by atoms with Crippen molar-refractivity contribution in [1.29, 1.82) is 0 Å². The molecule has 1 aromatic rings. The highest BCUT2D eigenvalue weighted by Crippen LogP contribution is 2.40. The van der Waals surface area contributed by atoms with Gasteiger partial charge in [-0.1, -0.05) is 43.2 Å². The number of hydrogen-bond donors (Lipinski definition) is 2. The summed E-state index contributed by atoms with van der Waals surface area (Å²) in [5.74, 6) is 0.0632.